The molecule has 1 rings (SSSR count). The number of hydrogen-bond acceptors (Lipinski definition) is 2. The molecule has 1 radical (unpaired) electrons. The maximum Gasteiger partial charge on any atom is 0.433 e. The first-order chi connectivity index (χ1) is 5.91. The first-order valence-corrected chi connectivity index (χ1v) is 3.16. The minimum Gasteiger partial charge on any atom is -0.251 e. The number of alkyl halides is 3. The van der Waals surface area contributed by atoms with Gasteiger partial charge in [-0.2, -0.15) is 13.2 Å². The highest BCUT2D eigenvalue weighted by atomic mass is 19.4. The molecule has 0 amide bonds. The molecular weight excluding hydrogens is 187 g/mol. The van der Waals surface area contributed by atoms with E-state index in [1.54, 1.807) is 0 Å². The Kier molecular flexibility index (Phi) is 2.22. The average Bonchev–Trinajstić information content (AvgIpc) is 2.03. The summed E-state index contributed by atoms with van der Waals surface area (Å²) in [5, 5.41) is 10.1. The Labute approximate surface area is 70.8 Å². The SMILES string of the molecule is [O]C(=O)c1ccc(C(F)(F)F)nc1. The van der Waals surface area contributed by atoms with Crippen LogP contribution in [0.25, 0.3) is 0 Å². The van der Waals surface area contributed by atoms with E-state index in [2.05, 4.69) is 4.98 Å². The van der Waals surface area contributed by atoms with Crippen molar-refractivity contribution in [1.82, 2.24) is 4.98 Å². The number of pyridine rings is 1. The monoisotopic (exact) mass is 190 g/mol. The standard InChI is InChI=1S/C7H3F3NO2/c8-7(9,10)5-2-1-4(3-11-5)6(12)13/h1-3H. The van der Waals surface area contributed by atoms with E-state index >= 15 is 0 Å². The second-order valence-corrected chi connectivity index (χ2v) is 2.22. The number of rotatable bonds is 1. The van der Waals surface area contributed by atoms with Gasteiger partial charge in [0.05, 0.1) is 5.56 Å². The van der Waals surface area contributed by atoms with Gasteiger partial charge in [-0.3, -0.25) is 4.98 Å². The molecule has 3 nitrogen and oxygen atoms in total. The van der Waals surface area contributed by atoms with Crippen molar-refractivity contribution in [3.8, 4) is 0 Å². The van der Waals surface area contributed by atoms with Gasteiger partial charge in [-0.25, -0.2) is 9.90 Å². The molecule has 0 fully saturated rings. The second kappa shape index (κ2) is 3.04. The van der Waals surface area contributed by atoms with Crippen molar-refractivity contribution < 1.29 is 23.1 Å². The topological polar surface area (TPSA) is 49.9 Å². The summed E-state index contributed by atoms with van der Waals surface area (Å²) in [7, 11) is 0. The van der Waals surface area contributed by atoms with Gasteiger partial charge in [0.25, 0.3) is 0 Å². The predicted octanol–water partition coefficient (Wildman–Crippen LogP) is 1.67. The van der Waals surface area contributed by atoms with Crippen LogP contribution in [0.5, 0.6) is 0 Å². The van der Waals surface area contributed by atoms with Gasteiger partial charge in [-0.05, 0) is 12.1 Å². The van der Waals surface area contributed by atoms with Crippen LogP contribution in [0.2, 0.25) is 0 Å². The van der Waals surface area contributed by atoms with E-state index in [4.69, 9.17) is 0 Å². The van der Waals surface area contributed by atoms with E-state index in [-0.39, 0.29) is 5.56 Å². The number of aromatic nitrogens is 1. The van der Waals surface area contributed by atoms with E-state index in [9.17, 15) is 23.1 Å². The third-order valence-corrected chi connectivity index (χ3v) is 1.29. The molecule has 1 aromatic heterocycles. The van der Waals surface area contributed by atoms with Crippen molar-refractivity contribution in [1.29, 1.82) is 0 Å². The van der Waals surface area contributed by atoms with Crippen LogP contribution in [-0.4, -0.2) is 11.0 Å². The summed E-state index contributed by atoms with van der Waals surface area (Å²) in [4.78, 5) is 13.1. The fraction of sp³-hybridized carbons (Fsp3) is 0.143. The Hall–Kier alpha value is -1.59. The zero-order chi connectivity index (χ0) is 10.1. The van der Waals surface area contributed by atoms with Crippen LogP contribution >= 0.6 is 0 Å². The van der Waals surface area contributed by atoms with E-state index in [1.165, 1.54) is 0 Å². The highest BCUT2D eigenvalue weighted by Crippen LogP contribution is 2.27. The van der Waals surface area contributed by atoms with Crippen molar-refractivity contribution in [2.75, 3.05) is 0 Å². The minimum absolute atomic E-state index is 0.381. The predicted molar refractivity (Wildman–Crippen MR) is 34.3 cm³/mol. The molecule has 0 aliphatic heterocycles. The molecule has 13 heavy (non-hydrogen) atoms. The van der Waals surface area contributed by atoms with Crippen LogP contribution in [0.4, 0.5) is 13.2 Å². The lowest BCUT2D eigenvalue weighted by Gasteiger charge is -2.03. The molecule has 0 aliphatic rings. The maximum absolute atomic E-state index is 11.9. The maximum atomic E-state index is 11.9. The fourth-order valence-electron chi connectivity index (χ4n) is 0.682. The Balaban J connectivity index is 3.01. The Morgan fingerprint density at radius 3 is 2.23 bits per heavy atom. The van der Waals surface area contributed by atoms with E-state index in [0.717, 1.165) is 6.07 Å². The molecule has 1 heterocycles. The molecule has 0 aliphatic carbocycles. The summed E-state index contributed by atoms with van der Waals surface area (Å²) >= 11 is 0. The Bertz CT molecular complexity index is 318. The molecular formula is C7H3F3NO2. The number of nitrogens with zero attached hydrogens (tertiary/aromatic N) is 1. The van der Waals surface area contributed by atoms with E-state index < -0.39 is 17.8 Å². The first-order valence-electron chi connectivity index (χ1n) is 3.16. The van der Waals surface area contributed by atoms with Crippen LogP contribution in [0.3, 0.4) is 0 Å². The largest absolute Gasteiger partial charge is 0.433 e. The molecule has 0 unspecified atom stereocenters. The number of hydrogen-bond donors (Lipinski definition) is 0. The first kappa shape index (κ1) is 9.50. The molecule has 6 heteroatoms. The number of carbonyl (C=O) groups is 1. The molecule has 0 saturated carbocycles. The Morgan fingerprint density at radius 1 is 1.31 bits per heavy atom. The van der Waals surface area contributed by atoms with Crippen LogP contribution < -0.4 is 0 Å². The molecule has 0 N–H and O–H groups in total. The van der Waals surface area contributed by atoms with Crippen molar-refractivity contribution in [2.24, 2.45) is 0 Å². The van der Waals surface area contributed by atoms with Crippen molar-refractivity contribution >= 4 is 5.97 Å². The highest BCUT2D eigenvalue weighted by Gasteiger charge is 2.32. The Morgan fingerprint density at radius 2 is 1.92 bits per heavy atom. The van der Waals surface area contributed by atoms with Crippen molar-refractivity contribution in [3.05, 3.63) is 29.6 Å². The number of carbonyl (C=O) groups excluding carboxylic acids is 1. The normalized spacial score (nSPS) is 11.3. The third-order valence-electron chi connectivity index (χ3n) is 1.29. The van der Waals surface area contributed by atoms with E-state index in [0.29, 0.717) is 12.3 Å². The summed E-state index contributed by atoms with van der Waals surface area (Å²) in [5.74, 6) is -1.55. The molecule has 0 saturated heterocycles. The van der Waals surface area contributed by atoms with Gasteiger partial charge in [0.15, 0.2) is 0 Å². The van der Waals surface area contributed by atoms with Gasteiger partial charge >= 0.3 is 12.1 Å². The van der Waals surface area contributed by atoms with Crippen LogP contribution in [0, 0.1) is 0 Å². The lowest BCUT2D eigenvalue weighted by molar-refractivity contribution is -0.141. The minimum atomic E-state index is -4.55. The van der Waals surface area contributed by atoms with Crippen LogP contribution in [0.15, 0.2) is 18.3 Å². The molecule has 1 aromatic rings. The van der Waals surface area contributed by atoms with Gasteiger partial charge in [-0.15, -0.1) is 0 Å². The molecule has 0 atom stereocenters. The van der Waals surface area contributed by atoms with Gasteiger partial charge in [0.2, 0.25) is 0 Å². The van der Waals surface area contributed by atoms with Gasteiger partial charge in [0.1, 0.15) is 5.69 Å². The van der Waals surface area contributed by atoms with Crippen LogP contribution in [-0.2, 0) is 11.3 Å². The molecule has 69 valence electrons. The summed E-state index contributed by atoms with van der Waals surface area (Å²) in [6, 6.07) is 1.39. The second-order valence-electron chi connectivity index (χ2n) is 2.22. The fourth-order valence-corrected chi connectivity index (χ4v) is 0.682. The zero-order valence-corrected chi connectivity index (χ0v) is 6.13. The summed E-state index contributed by atoms with van der Waals surface area (Å²) < 4.78 is 35.7. The summed E-state index contributed by atoms with van der Waals surface area (Å²) in [6.07, 6.45) is -3.94. The number of halogens is 3. The smallest absolute Gasteiger partial charge is 0.251 e. The van der Waals surface area contributed by atoms with Gasteiger partial charge in [-0.1, -0.05) is 0 Å². The van der Waals surface area contributed by atoms with Crippen molar-refractivity contribution in [3.63, 3.8) is 0 Å². The highest BCUT2D eigenvalue weighted by molar-refractivity contribution is 5.86. The van der Waals surface area contributed by atoms with Crippen molar-refractivity contribution in [2.45, 2.75) is 6.18 Å². The van der Waals surface area contributed by atoms with Gasteiger partial charge < -0.3 is 0 Å². The quantitative estimate of drug-likeness (QED) is 0.676. The molecule has 0 aromatic carbocycles. The lowest BCUT2D eigenvalue weighted by atomic mass is 10.2. The lowest BCUT2D eigenvalue weighted by Crippen LogP contribution is -2.08. The summed E-state index contributed by atoms with van der Waals surface area (Å²) in [6.45, 7) is 0. The molecule has 0 bridgehead atoms. The van der Waals surface area contributed by atoms with E-state index in [1.807, 2.05) is 0 Å². The molecule has 0 spiro atoms. The zero-order valence-electron chi connectivity index (χ0n) is 6.13. The average molecular weight is 190 g/mol. The summed E-state index contributed by atoms with van der Waals surface area (Å²) in [5.41, 5.74) is -1.51. The van der Waals surface area contributed by atoms with Gasteiger partial charge in [0, 0.05) is 6.20 Å². The third kappa shape index (κ3) is 2.17. The van der Waals surface area contributed by atoms with Crippen LogP contribution in [0.1, 0.15) is 16.1 Å².